The number of hydrogen-bond acceptors (Lipinski definition) is 11. The molecule has 1 aromatic carbocycles. The number of carbonyl (C=O) groups excluding carboxylic acids is 1. The Hall–Kier alpha value is -2.65. The van der Waals surface area contributed by atoms with Crippen LogP contribution in [-0.4, -0.2) is 112 Å². The van der Waals surface area contributed by atoms with Crippen LogP contribution < -0.4 is 20.3 Å². The van der Waals surface area contributed by atoms with E-state index < -0.39 is 36.8 Å². The summed E-state index contributed by atoms with van der Waals surface area (Å²) in [6.07, 6.45) is 3.33. The van der Waals surface area contributed by atoms with E-state index in [-0.39, 0.29) is 18.9 Å². The number of carbonyl (C=O) groups is 1. The lowest BCUT2D eigenvalue weighted by atomic mass is 9.92. The highest BCUT2D eigenvalue weighted by Gasteiger charge is 2.29. The summed E-state index contributed by atoms with van der Waals surface area (Å²) < 4.78 is 20.4. The zero-order chi connectivity index (χ0) is 32.6. The summed E-state index contributed by atoms with van der Waals surface area (Å²) in [6.45, 7) is 2.56. The Kier molecular flexibility index (Phi) is 16.2. The van der Waals surface area contributed by atoms with E-state index in [0.29, 0.717) is 54.3 Å². The first-order valence-electron chi connectivity index (χ1n) is 15.6. The molecule has 14 heteroatoms. The Morgan fingerprint density at radius 1 is 1.02 bits per heavy atom. The van der Waals surface area contributed by atoms with Gasteiger partial charge in [-0.15, -0.1) is 0 Å². The first-order chi connectivity index (χ1) is 21.7. The van der Waals surface area contributed by atoms with Crippen molar-refractivity contribution in [2.24, 2.45) is 5.92 Å². The number of anilines is 1. The molecule has 1 aliphatic rings. The van der Waals surface area contributed by atoms with Gasteiger partial charge in [-0.25, -0.2) is 14.4 Å². The van der Waals surface area contributed by atoms with Crippen LogP contribution in [0.15, 0.2) is 30.6 Å². The highest BCUT2D eigenvalue weighted by Crippen LogP contribution is 2.25. The van der Waals surface area contributed by atoms with Gasteiger partial charge in [0.25, 0.3) is 0 Å². The number of aliphatic hydroxyl groups is 5. The molecule has 0 unspecified atom stereocenters. The standard InChI is InChI=1S/C31H47ClFN5O7/c32-23-17-36-31(37-18-23)38-12-8-21(9-13-38)5-4-14-45-24-7-6-22(25(33)16-24)15-28(42)35-11-3-1-2-10-34-19-26(40)29(43)30(44)27(41)20-39/h6-7,16-18,21,26-27,29-30,34,39-41,43-44H,1-5,8-15,19-20H2,(H,35,42)/t26-,27+,29+,30+/m0/s1. The summed E-state index contributed by atoms with van der Waals surface area (Å²) in [4.78, 5) is 23.0. The van der Waals surface area contributed by atoms with Crippen molar-refractivity contribution in [1.82, 2.24) is 20.6 Å². The minimum atomic E-state index is -1.65. The maximum Gasteiger partial charge on any atom is 0.225 e. The molecule has 0 bridgehead atoms. The lowest BCUT2D eigenvalue weighted by molar-refractivity contribution is -0.120. The number of ether oxygens (including phenoxy) is 1. The molecule has 0 saturated carbocycles. The maximum atomic E-state index is 14.6. The largest absolute Gasteiger partial charge is 0.493 e. The van der Waals surface area contributed by atoms with E-state index in [9.17, 15) is 29.6 Å². The molecule has 0 radical (unpaired) electrons. The van der Waals surface area contributed by atoms with Crippen molar-refractivity contribution in [2.45, 2.75) is 75.8 Å². The third-order valence-electron chi connectivity index (χ3n) is 7.94. The van der Waals surface area contributed by atoms with Crippen molar-refractivity contribution in [2.75, 3.05) is 50.8 Å². The average molecular weight is 656 g/mol. The smallest absolute Gasteiger partial charge is 0.225 e. The van der Waals surface area contributed by atoms with Crippen molar-refractivity contribution < 1.29 is 39.5 Å². The number of aliphatic hydroxyl groups excluding tert-OH is 5. The summed E-state index contributed by atoms with van der Waals surface area (Å²) in [5.74, 6) is 1.01. The number of halogens is 2. The highest BCUT2D eigenvalue weighted by molar-refractivity contribution is 6.30. The minimum Gasteiger partial charge on any atom is -0.493 e. The minimum absolute atomic E-state index is 0.00485. The number of hydrogen-bond donors (Lipinski definition) is 7. The molecule has 252 valence electrons. The molecule has 1 fully saturated rings. The first-order valence-corrected chi connectivity index (χ1v) is 16.0. The zero-order valence-electron chi connectivity index (χ0n) is 25.5. The van der Waals surface area contributed by atoms with Gasteiger partial charge in [0.05, 0.1) is 43.2 Å². The number of rotatable bonds is 20. The predicted molar refractivity (Wildman–Crippen MR) is 168 cm³/mol. The van der Waals surface area contributed by atoms with Crippen LogP contribution in [0.1, 0.15) is 50.5 Å². The Morgan fingerprint density at radius 3 is 2.40 bits per heavy atom. The van der Waals surface area contributed by atoms with Gasteiger partial charge in [0.15, 0.2) is 0 Å². The van der Waals surface area contributed by atoms with E-state index in [4.69, 9.17) is 21.4 Å². The van der Waals surface area contributed by atoms with Crippen LogP contribution in [0.2, 0.25) is 5.02 Å². The van der Waals surface area contributed by atoms with Crippen LogP contribution in [-0.2, 0) is 11.2 Å². The van der Waals surface area contributed by atoms with E-state index in [0.717, 1.165) is 51.6 Å². The summed E-state index contributed by atoms with van der Waals surface area (Å²) in [7, 11) is 0. The van der Waals surface area contributed by atoms with E-state index in [2.05, 4.69) is 25.5 Å². The third kappa shape index (κ3) is 12.9. The Labute approximate surface area is 268 Å². The highest BCUT2D eigenvalue weighted by atomic mass is 35.5. The molecule has 0 aliphatic carbocycles. The van der Waals surface area contributed by atoms with Crippen molar-refractivity contribution in [3.63, 3.8) is 0 Å². The molecule has 4 atom stereocenters. The summed E-state index contributed by atoms with van der Waals surface area (Å²) in [5.41, 5.74) is 0.304. The van der Waals surface area contributed by atoms with E-state index >= 15 is 0 Å². The van der Waals surface area contributed by atoms with E-state index in [1.807, 2.05) is 0 Å². The van der Waals surface area contributed by atoms with E-state index in [1.54, 1.807) is 24.5 Å². The van der Waals surface area contributed by atoms with Crippen molar-refractivity contribution in [3.8, 4) is 5.75 Å². The Bertz CT molecular complexity index is 1140. The fourth-order valence-corrected chi connectivity index (χ4v) is 5.26. The number of piperidine rings is 1. The lowest BCUT2D eigenvalue weighted by Gasteiger charge is -2.31. The molecule has 45 heavy (non-hydrogen) atoms. The number of aromatic nitrogens is 2. The lowest BCUT2D eigenvalue weighted by Crippen LogP contribution is -2.49. The molecule has 1 amide bonds. The van der Waals surface area contributed by atoms with Gasteiger partial charge in [0.1, 0.15) is 29.9 Å². The number of unbranched alkanes of at least 4 members (excludes halogenated alkanes) is 2. The van der Waals surface area contributed by atoms with Crippen molar-refractivity contribution in [3.05, 3.63) is 47.0 Å². The topological polar surface area (TPSA) is 181 Å². The van der Waals surface area contributed by atoms with Gasteiger partial charge in [-0.2, -0.15) is 0 Å². The molecular weight excluding hydrogens is 609 g/mol. The Balaban J connectivity index is 1.21. The molecule has 1 saturated heterocycles. The number of nitrogens with zero attached hydrogens (tertiary/aromatic N) is 3. The molecular formula is C31H47ClFN5O7. The van der Waals surface area contributed by atoms with Gasteiger partial charge in [0.2, 0.25) is 11.9 Å². The van der Waals surface area contributed by atoms with Gasteiger partial charge < -0.3 is 45.8 Å². The van der Waals surface area contributed by atoms with Crippen LogP contribution in [0.5, 0.6) is 5.75 Å². The molecule has 3 rings (SSSR count). The zero-order valence-corrected chi connectivity index (χ0v) is 26.3. The van der Waals surface area contributed by atoms with Gasteiger partial charge in [0, 0.05) is 32.2 Å². The van der Waals surface area contributed by atoms with Crippen molar-refractivity contribution >= 4 is 23.5 Å². The van der Waals surface area contributed by atoms with Crippen LogP contribution in [0.25, 0.3) is 0 Å². The molecule has 12 nitrogen and oxygen atoms in total. The summed E-state index contributed by atoms with van der Waals surface area (Å²) >= 11 is 5.87. The van der Waals surface area contributed by atoms with Gasteiger partial charge in [-0.1, -0.05) is 24.1 Å². The van der Waals surface area contributed by atoms with Gasteiger partial charge >= 0.3 is 0 Å². The molecule has 2 aromatic rings. The van der Waals surface area contributed by atoms with Crippen LogP contribution in [0.4, 0.5) is 10.3 Å². The molecule has 1 aliphatic heterocycles. The molecule has 2 heterocycles. The monoisotopic (exact) mass is 655 g/mol. The third-order valence-corrected chi connectivity index (χ3v) is 8.13. The second kappa shape index (κ2) is 19.8. The van der Waals surface area contributed by atoms with Crippen molar-refractivity contribution in [1.29, 1.82) is 0 Å². The maximum absolute atomic E-state index is 14.6. The number of amides is 1. The van der Waals surface area contributed by atoms with Crippen LogP contribution in [0.3, 0.4) is 0 Å². The fraction of sp³-hybridized carbons (Fsp3) is 0.645. The Morgan fingerprint density at radius 2 is 1.71 bits per heavy atom. The van der Waals surface area contributed by atoms with Gasteiger partial charge in [-0.05, 0) is 62.6 Å². The number of benzene rings is 1. The predicted octanol–water partition coefficient (Wildman–Crippen LogP) is 1.20. The quantitative estimate of drug-likeness (QED) is 0.102. The van der Waals surface area contributed by atoms with Gasteiger partial charge in [-0.3, -0.25) is 4.79 Å². The SMILES string of the molecule is O=C(Cc1ccc(OCCCC2CCN(c3ncc(Cl)cn3)CC2)cc1F)NCCCCCNC[C@H](O)[C@@H](O)[C@H](O)[C@H](O)CO. The van der Waals surface area contributed by atoms with Crippen LogP contribution >= 0.6 is 11.6 Å². The second-order valence-corrected chi connectivity index (χ2v) is 11.9. The number of nitrogens with one attached hydrogen (secondary N) is 2. The summed E-state index contributed by atoms with van der Waals surface area (Å²) in [5, 5.41) is 53.7. The average Bonchev–Trinajstić information content (AvgIpc) is 3.05. The normalized spacial score (nSPS) is 16.6. The fourth-order valence-electron chi connectivity index (χ4n) is 5.16. The summed E-state index contributed by atoms with van der Waals surface area (Å²) in [6, 6.07) is 4.60. The first kappa shape index (κ1) is 36.8. The van der Waals surface area contributed by atoms with Crippen LogP contribution in [0, 0.1) is 11.7 Å². The molecule has 0 spiro atoms. The second-order valence-electron chi connectivity index (χ2n) is 11.5. The molecule has 7 N–H and O–H groups in total. The molecule has 1 aromatic heterocycles. The van der Waals surface area contributed by atoms with E-state index in [1.165, 1.54) is 6.07 Å².